The highest BCUT2D eigenvalue weighted by Crippen LogP contribution is 2.24. The van der Waals surface area contributed by atoms with E-state index in [0.29, 0.717) is 5.56 Å². The van der Waals surface area contributed by atoms with Gasteiger partial charge in [0.1, 0.15) is 0 Å². The number of hydrogen-bond acceptors (Lipinski definition) is 3. The molecule has 0 saturated heterocycles. The van der Waals surface area contributed by atoms with Gasteiger partial charge in [0.25, 0.3) is 5.69 Å². The van der Waals surface area contributed by atoms with Gasteiger partial charge in [0.15, 0.2) is 5.78 Å². The molecule has 0 aromatic heterocycles. The SMILES string of the molecule is O=C(c1ccccc1)c1cc([N+](=O)[O-])ccc1Cl.P. The summed E-state index contributed by atoms with van der Waals surface area (Å²) in [6.45, 7) is 0. The van der Waals surface area contributed by atoms with Crippen molar-refractivity contribution in [2.45, 2.75) is 0 Å². The first-order valence-electron chi connectivity index (χ1n) is 5.13. The van der Waals surface area contributed by atoms with E-state index in [1.54, 1.807) is 30.3 Å². The van der Waals surface area contributed by atoms with Crippen LogP contribution in [-0.2, 0) is 0 Å². The van der Waals surface area contributed by atoms with E-state index < -0.39 is 4.92 Å². The number of halogens is 1. The Kier molecular flexibility index (Phi) is 5.16. The van der Waals surface area contributed by atoms with Gasteiger partial charge in [0.05, 0.1) is 9.95 Å². The van der Waals surface area contributed by atoms with Crippen LogP contribution in [0.5, 0.6) is 0 Å². The van der Waals surface area contributed by atoms with Crippen LogP contribution in [0.2, 0.25) is 5.02 Å². The lowest BCUT2D eigenvalue weighted by Gasteiger charge is -2.03. The first kappa shape index (κ1) is 15.3. The fourth-order valence-electron chi connectivity index (χ4n) is 1.55. The highest BCUT2D eigenvalue weighted by molar-refractivity contribution is 6.92. The predicted octanol–water partition coefficient (Wildman–Crippen LogP) is 3.54. The van der Waals surface area contributed by atoms with E-state index >= 15 is 0 Å². The lowest BCUT2D eigenvalue weighted by Crippen LogP contribution is -2.03. The van der Waals surface area contributed by atoms with Crippen LogP contribution in [0.4, 0.5) is 5.69 Å². The second-order valence-electron chi connectivity index (χ2n) is 3.62. The van der Waals surface area contributed by atoms with Crippen LogP contribution in [0.25, 0.3) is 0 Å². The van der Waals surface area contributed by atoms with Gasteiger partial charge in [-0.3, -0.25) is 14.9 Å². The number of nitro groups is 1. The number of benzene rings is 2. The van der Waals surface area contributed by atoms with Gasteiger partial charge in [0.2, 0.25) is 0 Å². The van der Waals surface area contributed by atoms with Crippen molar-refractivity contribution in [3.05, 3.63) is 74.8 Å². The maximum atomic E-state index is 12.1. The van der Waals surface area contributed by atoms with Gasteiger partial charge in [-0.1, -0.05) is 41.9 Å². The molecule has 0 aliphatic heterocycles. The average Bonchev–Trinajstić information content (AvgIpc) is 2.39. The monoisotopic (exact) mass is 295 g/mol. The van der Waals surface area contributed by atoms with Gasteiger partial charge < -0.3 is 0 Å². The predicted molar refractivity (Wildman–Crippen MR) is 79.1 cm³/mol. The highest BCUT2D eigenvalue weighted by Gasteiger charge is 2.16. The molecule has 0 saturated carbocycles. The molecule has 0 aliphatic carbocycles. The van der Waals surface area contributed by atoms with Crippen LogP contribution in [0.15, 0.2) is 48.5 Å². The smallest absolute Gasteiger partial charge is 0.270 e. The number of carbonyl (C=O) groups excluding carboxylic acids is 1. The molecular formula is C13H11ClNO3P. The van der Waals surface area contributed by atoms with Crippen molar-refractivity contribution in [1.82, 2.24) is 0 Å². The third kappa shape index (κ3) is 3.37. The Morgan fingerprint density at radius 2 is 1.74 bits per heavy atom. The van der Waals surface area contributed by atoms with E-state index in [2.05, 4.69) is 0 Å². The average molecular weight is 296 g/mol. The molecular weight excluding hydrogens is 285 g/mol. The van der Waals surface area contributed by atoms with Gasteiger partial charge in [-0.15, -0.1) is 0 Å². The zero-order valence-corrected chi connectivity index (χ0v) is 12.0. The van der Waals surface area contributed by atoms with Crippen LogP contribution in [-0.4, -0.2) is 10.7 Å². The summed E-state index contributed by atoms with van der Waals surface area (Å²) in [5, 5.41) is 10.9. The van der Waals surface area contributed by atoms with Crippen molar-refractivity contribution in [3.63, 3.8) is 0 Å². The zero-order valence-electron chi connectivity index (χ0n) is 9.88. The molecule has 0 bridgehead atoms. The molecule has 98 valence electrons. The maximum Gasteiger partial charge on any atom is 0.270 e. The molecule has 0 aliphatic rings. The van der Waals surface area contributed by atoms with Gasteiger partial charge in [-0.2, -0.15) is 9.90 Å². The number of carbonyl (C=O) groups is 1. The van der Waals surface area contributed by atoms with Crippen molar-refractivity contribution in [3.8, 4) is 0 Å². The molecule has 0 radical (unpaired) electrons. The van der Waals surface area contributed by atoms with Crippen molar-refractivity contribution >= 4 is 33.0 Å². The fraction of sp³-hybridized carbons (Fsp3) is 0. The molecule has 1 unspecified atom stereocenters. The van der Waals surface area contributed by atoms with Gasteiger partial charge in [-0.05, 0) is 6.07 Å². The highest BCUT2D eigenvalue weighted by atomic mass is 35.5. The molecule has 1 atom stereocenters. The Labute approximate surface area is 118 Å². The molecule has 4 nitrogen and oxygen atoms in total. The quantitative estimate of drug-likeness (QED) is 0.376. The van der Waals surface area contributed by atoms with E-state index in [-0.39, 0.29) is 32.0 Å². The van der Waals surface area contributed by atoms with Gasteiger partial charge in [-0.25, -0.2) is 0 Å². The molecule has 2 rings (SSSR count). The third-order valence-electron chi connectivity index (χ3n) is 2.44. The topological polar surface area (TPSA) is 60.2 Å². The van der Waals surface area contributed by atoms with E-state index in [1.807, 2.05) is 0 Å². The lowest BCUT2D eigenvalue weighted by atomic mass is 10.0. The number of ketones is 1. The van der Waals surface area contributed by atoms with Crippen molar-refractivity contribution < 1.29 is 9.72 Å². The van der Waals surface area contributed by atoms with Crippen molar-refractivity contribution in [2.75, 3.05) is 0 Å². The summed E-state index contributed by atoms with van der Waals surface area (Å²) in [6.07, 6.45) is 0. The van der Waals surface area contributed by atoms with Crippen LogP contribution < -0.4 is 0 Å². The largest absolute Gasteiger partial charge is 0.289 e. The van der Waals surface area contributed by atoms with Crippen LogP contribution in [0.1, 0.15) is 15.9 Å². The van der Waals surface area contributed by atoms with Gasteiger partial charge >= 0.3 is 0 Å². The fourth-order valence-corrected chi connectivity index (χ4v) is 1.75. The van der Waals surface area contributed by atoms with E-state index in [9.17, 15) is 14.9 Å². The molecule has 2 aromatic carbocycles. The Bertz CT molecular complexity index is 617. The number of non-ortho nitro benzene ring substituents is 1. The number of rotatable bonds is 3. The second-order valence-corrected chi connectivity index (χ2v) is 4.02. The van der Waals surface area contributed by atoms with Crippen molar-refractivity contribution in [2.24, 2.45) is 0 Å². The number of nitro benzene ring substituents is 1. The second kappa shape index (κ2) is 6.41. The summed E-state index contributed by atoms with van der Waals surface area (Å²) in [6, 6.07) is 12.3. The maximum absolute atomic E-state index is 12.1. The summed E-state index contributed by atoms with van der Waals surface area (Å²) >= 11 is 5.90. The molecule has 0 spiro atoms. The van der Waals surface area contributed by atoms with E-state index in [0.717, 1.165) is 0 Å². The number of hydrogen-bond donors (Lipinski definition) is 0. The molecule has 19 heavy (non-hydrogen) atoms. The summed E-state index contributed by atoms with van der Waals surface area (Å²) in [7, 11) is 0. The number of nitrogens with zero attached hydrogens (tertiary/aromatic N) is 1. The normalized spacial score (nSPS) is 9.53. The van der Waals surface area contributed by atoms with Crippen LogP contribution in [0, 0.1) is 10.1 Å². The molecule has 0 N–H and O–H groups in total. The summed E-state index contributed by atoms with van der Waals surface area (Å²) < 4.78 is 0. The Hall–Kier alpha value is -1.77. The van der Waals surface area contributed by atoms with E-state index in [4.69, 9.17) is 11.6 Å². The third-order valence-corrected chi connectivity index (χ3v) is 2.77. The van der Waals surface area contributed by atoms with Gasteiger partial charge in [0, 0.05) is 23.3 Å². The summed E-state index contributed by atoms with van der Waals surface area (Å²) in [5.74, 6) is -0.329. The molecule has 0 fully saturated rings. The first-order chi connectivity index (χ1) is 8.59. The minimum atomic E-state index is -0.557. The Balaban J connectivity index is 0.00000180. The summed E-state index contributed by atoms with van der Waals surface area (Å²) in [5.41, 5.74) is 0.427. The van der Waals surface area contributed by atoms with Crippen molar-refractivity contribution in [1.29, 1.82) is 0 Å². The molecule has 0 amide bonds. The van der Waals surface area contributed by atoms with E-state index in [1.165, 1.54) is 18.2 Å². The standard InChI is InChI=1S/C13H8ClNO3.H3P/c14-12-7-6-10(15(17)18)8-11(12)13(16)9-4-2-1-3-5-9;/h1-8H;1H3. The Morgan fingerprint density at radius 1 is 1.11 bits per heavy atom. The lowest BCUT2D eigenvalue weighted by molar-refractivity contribution is -0.384. The molecule has 2 aromatic rings. The van der Waals surface area contributed by atoms with Crippen LogP contribution >= 0.6 is 21.5 Å². The molecule has 0 heterocycles. The minimum absolute atomic E-state index is 0. The summed E-state index contributed by atoms with van der Waals surface area (Å²) in [4.78, 5) is 22.3. The Morgan fingerprint density at radius 3 is 2.32 bits per heavy atom. The first-order valence-corrected chi connectivity index (χ1v) is 5.51. The van der Waals surface area contributed by atoms with Crippen LogP contribution in [0.3, 0.4) is 0 Å². The molecule has 6 heteroatoms. The zero-order chi connectivity index (χ0) is 13.1. The minimum Gasteiger partial charge on any atom is -0.289 e.